The van der Waals surface area contributed by atoms with Crippen LogP contribution in [-0.4, -0.2) is 43.4 Å². The van der Waals surface area contributed by atoms with Crippen molar-refractivity contribution in [2.24, 2.45) is 5.92 Å². The molecule has 2 fully saturated rings. The summed E-state index contributed by atoms with van der Waals surface area (Å²) < 4.78 is 1.04. The van der Waals surface area contributed by atoms with E-state index in [1.54, 1.807) is 6.92 Å². The fourth-order valence-electron chi connectivity index (χ4n) is 2.90. The van der Waals surface area contributed by atoms with Gasteiger partial charge in [0, 0.05) is 48.4 Å². The Morgan fingerprint density at radius 2 is 1.95 bits per heavy atom. The van der Waals surface area contributed by atoms with Gasteiger partial charge >= 0.3 is 0 Å². The molecule has 0 aromatic heterocycles. The van der Waals surface area contributed by atoms with Crippen LogP contribution in [0.15, 0.2) is 22.7 Å². The van der Waals surface area contributed by atoms with Gasteiger partial charge in [-0.25, -0.2) is 0 Å². The van der Waals surface area contributed by atoms with Crippen molar-refractivity contribution in [2.75, 3.05) is 37.6 Å². The molecule has 1 aromatic carbocycles. The highest BCUT2D eigenvalue weighted by molar-refractivity contribution is 9.10. The summed E-state index contributed by atoms with van der Waals surface area (Å²) in [6.45, 7) is 7.18. The lowest BCUT2D eigenvalue weighted by Crippen LogP contribution is -2.47. The van der Waals surface area contributed by atoms with Crippen LogP contribution in [0.4, 0.5) is 5.69 Å². The standard InChI is InChI=1S/C16H21BrN2O/c1-12(20)15-5-4-14(17)10-16(15)19-8-6-18(7-9-19)11-13-2-3-13/h4-5,10,13H,2-3,6-9,11H2,1H3. The van der Waals surface area contributed by atoms with Crippen molar-refractivity contribution < 1.29 is 4.79 Å². The first kappa shape index (κ1) is 14.1. The van der Waals surface area contributed by atoms with E-state index < -0.39 is 0 Å². The lowest BCUT2D eigenvalue weighted by Gasteiger charge is -2.37. The molecule has 20 heavy (non-hydrogen) atoms. The highest BCUT2D eigenvalue weighted by Crippen LogP contribution is 2.31. The fourth-order valence-corrected chi connectivity index (χ4v) is 3.25. The lowest BCUT2D eigenvalue weighted by atomic mass is 10.1. The first-order valence-corrected chi connectivity index (χ1v) is 8.20. The molecule has 1 saturated carbocycles. The van der Waals surface area contributed by atoms with Gasteiger partial charge < -0.3 is 4.90 Å². The Hall–Kier alpha value is -0.870. The summed E-state index contributed by atoms with van der Waals surface area (Å²) in [5.74, 6) is 1.10. The zero-order chi connectivity index (χ0) is 14.1. The van der Waals surface area contributed by atoms with Crippen LogP contribution in [-0.2, 0) is 0 Å². The van der Waals surface area contributed by atoms with E-state index in [0.29, 0.717) is 0 Å². The maximum absolute atomic E-state index is 11.8. The molecule has 0 N–H and O–H groups in total. The van der Waals surface area contributed by atoms with Crippen molar-refractivity contribution >= 4 is 27.4 Å². The van der Waals surface area contributed by atoms with Gasteiger partial charge in [-0.15, -0.1) is 0 Å². The number of hydrogen-bond donors (Lipinski definition) is 0. The van der Waals surface area contributed by atoms with Crippen molar-refractivity contribution in [3.8, 4) is 0 Å². The van der Waals surface area contributed by atoms with Crippen LogP contribution >= 0.6 is 15.9 Å². The summed E-state index contributed by atoms with van der Waals surface area (Å²) in [5.41, 5.74) is 1.92. The summed E-state index contributed by atoms with van der Waals surface area (Å²) in [6.07, 6.45) is 2.83. The average Bonchev–Trinajstić information content (AvgIpc) is 3.23. The van der Waals surface area contributed by atoms with E-state index in [0.717, 1.165) is 47.8 Å². The fraction of sp³-hybridized carbons (Fsp3) is 0.562. The number of carbonyl (C=O) groups excluding carboxylic acids is 1. The molecule has 1 aromatic rings. The Morgan fingerprint density at radius 3 is 2.55 bits per heavy atom. The molecule has 0 bridgehead atoms. The molecule has 4 heteroatoms. The monoisotopic (exact) mass is 336 g/mol. The van der Waals surface area contributed by atoms with Crippen molar-refractivity contribution in [2.45, 2.75) is 19.8 Å². The molecular weight excluding hydrogens is 316 g/mol. The maximum atomic E-state index is 11.8. The van der Waals surface area contributed by atoms with Gasteiger partial charge in [-0.3, -0.25) is 9.69 Å². The molecule has 108 valence electrons. The Balaban J connectivity index is 1.70. The Labute approximate surface area is 129 Å². The van der Waals surface area contributed by atoms with Crippen LogP contribution in [0.2, 0.25) is 0 Å². The van der Waals surface area contributed by atoms with Crippen molar-refractivity contribution in [3.05, 3.63) is 28.2 Å². The van der Waals surface area contributed by atoms with Crippen LogP contribution in [0.25, 0.3) is 0 Å². The summed E-state index contributed by atoms with van der Waals surface area (Å²) in [5, 5.41) is 0. The van der Waals surface area contributed by atoms with Crippen LogP contribution in [0, 0.1) is 5.92 Å². The minimum absolute atomic E-state index is 0.146. The van der Waals surface area contributed by atoms with E-state index in [1.807, 2.05) is 12.1 Å². The molecule has 0 spiro atoms. The molecular formula is C16H21BrN2O. The van der Waals surface area contributed by atoms with Crippen molar-refractivity contribution in [1.82, 2.24) is 4.90 Å². The Bertz CT molecular complexity index is 505. The molecule has 1 aliphatic carbocycles. The number of carbonyl (C=O) groups is 1. The minimum atomic E-state index is 0.146. The number of rotatable bonds is 4. The molecule has 0 amide bonds. The van der Waals surface area contributed by atoms with E-state index in [1.165, 1.54) is 19.4 Å². The van der Waals surface area contributed by atoms with Gasteiger partial charge in [0.1, 0.15) is 0 Å². The number of piperazine rings is 1. The van der Waals surface area contributed by atoms with Gasteiger partial charge in [0.2, 0.25) is 0 Å². The highest BCUT2D eigenvalue weighted by atomic mass is 79.9. The second kappa shape index (κ2) is 5.86. The molecule has 1 heterocycles. The molecule has 3 rings (SSSR count). The van der Waals surface area contributed by atoms with E-state index in [9.17, 15) is 4.79 Å². The molecule has 1 saturated heterocycles. The topological polar surface area (TPSA) is 23.6 Å². The smallest absolute Gasteiger partial charge is 0.161 e. The average molecular weight is 337 g/mol. The number of hydrogen-bond acceptors (Lipinski definition) is 3. The van der Waals surface area contributed by atoms with E-state index in [-0.39, 0.29) is 5.78 Å². The molecule has 2 aliphatic rings. The quantitative estimate of drug-likeness (QED) is 0.789. The number of nitrogens with zero attached hydrogens (tertiary/aromatic N) is 2. The minimum Gasteiger partial charge on any atom is -0.368 e. The van der Waals surface area contributed by atoms with Gasteiger partial charge in [-0.05, 0) is 43.9 Å². The number of ketones is 1. The first-order chi connectivity index (χ1) is 9.63. The summed E-state index contributed by atoms with van der Waals surface area (Å²) in [4.78, 5) is 16.7. The van der Waals surface area contributed by atoms with Crippen LogP contribution in [0.3, 0.4) is 0 Å². The van der Waals surface area contributed by atoms with E-state index in [2.05, 4.69) is 31.8 Å². The van der Waals surface area contributed by atoms with Crippen molar-refractivity contribution in [1.29, 1.82) is 0 Å². The molecule has 0 unspecified atom stereocenters. The normalized spacial score (nSPS) is 20.2. The number of benzene rings is 1. The maximum Gasteiger partial charge on any atom is 0.161 e. The van der Waals surface area contributed by atoms with Crippen LogP contribution in [0.1, 0.15) is 30.1 Å². The SMILES string of the molecule is CC(=O)c1ccc(Br)cc1N1CCN(CC2CC2)CC1. The summed E-state index contributed by atoms with van der Waals surface area (Å²) in [6, 6.07) is 5.95. The molecule has 0 atom stereocenters. The zero-order valence-corrected chi connectivity index (χ0v) is 13.5. The Morgan fingerprint density at radius 1 is 1.25 bits per heavy atom. The van der Waals surface area contributed by atoms with Gasteiger partial charge in [0.25, 0.3) is 0 Å². The van der Waals surface area contributed by atoms with Gasteiger partial charge in [-0.2, -0.15) is 0 Å². The van der Waals surface area contributed by atoms with Gasteiger partial charge in [0.15, 0.2) is 5.78 Å². The first-order valence-electron chi connectivity index (χ1n) is 7.41. The molecule has 3 nitrogen and oxygen atoms in total. The van der Waals surface area contributed by atoms with Gasteiger partial charge in [-0.1, -0.05) is 15.9 Å². The third-order valence-corrected chi connectivity index (χ3v) is 4.76. The Kier molecular flexibility index (Phi) is 4.13. The predicted octanol–water partition coefficient (Wildman–Crippen LogP) is 3.18. The predicted molar refractivity (Wildman–Crippen MR) is 85.5 cm³/mol. The summed E-state index contributed by atoms with van der Waals surface area (Å²) >= 11 is 3.52. The molecule has 0 radical (unpaired) electrons. The lowest BCUT2D eigenvalue weighted by molar-refractivity contribution is 0.101. The third kappa shape index (κ3) is 3.23. The highest BCUT2D eigenvalue weighted by Gasteiger charge is 2.27. The largest absolute Gasteiger partial charge is 0.368 e. The second-order valence-corrected chi connectivity index (χ2v) is 6.86. The van der Waals surface area contributed by atoms with Crippen LogP contribution in [0.5, 0.6) is 0 Å². The third-order valence-electron chi connectivity index (χ3n) is 4.27. The number of halogens is 1. The van der Waals surface area contributed by atoms with E-state index in [4.69, 9.17) is 0 Å². The van der Waals surface area contributed by atoms with Crippen molar-refractivity contribution in [3.63, 3.8) is 0 Å². The molecule has 1 aliphatic heterocycles. The summed E-state index contributed by atoms with van der Waals surface area (Å²) in [7, 11) is 0. The number of anilines is 1. The second-order valence-electron chi connectivity index (χ2n) is 5.95. The van der Waals surface area contributed by atoms with Gasteiger partial charge in [0.05, 0.1) is 0 Å². The van der Waals surface area contributed by atoms with E-state index >= 15 is 0 Å². The number of Topliss-reactive ketones (excluding diaryl/α,β-unsaturated/α-hetero) is 1. The zero-order valence-electron chi connectivity index (χ0n) is 11.9. The van der Waals surface area contributed by atoms with Crippen LogP contribution < -0.4 is 4.90 Å².